The quantitative estimate of drug-likeness (QED) is 0.745. The van der Waals surface area contributed by atoms with E-state index in [4.69, 9.17) is 0 Å². The molecule has 0 atom stereocenters. The number of nitrogens with zero attached hydrogens (tertiary/aromatic N) is 2. The fourth-order valence-corrected chi connectivity index (χ4v) is 2.30. The number of nitrogens with one attached hydrogen (secondary N) is 1. The lowest BCUT2D eigenvalue weighted by Gasteiger charge is -2.04. The Morgan fingerprint density at radius 3 is 3.06 bits per heavy atom. The van der Waals surface area contributed by atoms with Crippen LogP contribution in [-0.2, 0) is 13.0 Å². The van der Waals surface area contributed by atoms with Crippen LogP contribution in [0.2, 0.25) is 0 Å². The zero-order valence-corrected chi connectivity index (χ0v) is 10.1. The average molecular weight is 235 g/mol. The summed E-state index contributed by atoms with van der Waals surface area (Å²) in [6.07, 6.45) is 6.10. The van der Waals surface area contributed by atoms with E-state index in [0.29, 0.717) is 0 Å². The summed E-state index contributed by atoms with van der Waals surface area (Å²) in [5.41, 5.74) is 0. The molecule has 2 aromatic heterocycles. The lowest BCUT2D eigenvalue weighted by Crippen LogP contribution is -2.19. The van der Waals surface area contributed by atoms with Gasteiger partial charge in [-0.15, -0.1) is 11.3 Å². The van der Waals surface area contributed by atoms with Crippen molar-refractivity contribution in [3.63, 3.8) is 0 Å². The molecule has 4 heteroatoms. The van der Waals surface area contributed by atoms with Gasteiger partial charge in [-0.3, -0.25) is 4.68 Å². The average Bonchev–Trinajstić information content (AvgIpc) is 2.96. The fourth-order valence-electron chi connectivity index (χ4n) is 1.59. The van der Waals surface area contributed by atoms with Crippen molar-refractivity contribution in [2.75, 3.05) is 13.1 Å². The Hall–Kier alpha value is -1.13. The Bertz CT molecular complexity index is 329. The molecule has 2 rings (SSSR count). The van der Waals surface area contributed by atoms with Gasteiger partial charge in [-0.1, -0.05) is 6.07 Å². The van der Waals surface area contributed by atoms with Crippen LogP contribution in [-0.4, -0.2) is 22.9 Å². The Morgan fingerprint density at radius 2 is 2.31 bits per heavy atom. The Kier molecular flexibility index (Phi) is 4.58. The number of hydrogen-bond acceptors (Lipinski definition) is 3. The number of thiophene rings is 1. The van der Waals surface area contributed by atoms with Gasteiger partial charge in [0.15, 0.2) is 0 Å². The smallest absolute Gasteiger partial charge is 0.0489 e. The maximum Gasteiger partial charge on any atom is 0.0489 e. The fraction of sp³-hybridized carbons (Fsp3) is 0.417. The number of aromatic nitrogens is 2. The van der Waals surface area contributed by atoms with Crippen molar-refractivity contribution in [1.82, 2.24) is 15.1 Å². The van der Waals surface area contributed by atoms with Crippen molar-refractivity contribution in [3.05, 3.63) is 40.8 Å². The molecule has 0 radical (unpaired) electrons. The molecule has 0 bridgehead atoms. The lowest BCUT2D eigenvalue weighted by atomic mass is 10.3. The molecule has 0 aliphatic heterocycles. The molecule has 2 aromatic rings. The molecule has 2 heterocycles. The van der Waals surface area contributed by atoms with Gasteiger partial charge in [-0.2, -0.15) is 5.10 Å². The highest BCUT2D eigenvalue weighted by atomic mass is 32.1. The molecule has 86 valence electrons. The second kappa shape index (κ2) is 6.45. The number of aryl methyl sites for hydroxylation is 1. The maximum absolute atomic E-state index is 4.17. The van der Waals surface area contributed by atoms with Gasteiger partial charge in [0.1, 0.15) is 0 Å². The molecule has 0 saturated heterocycles. The van der Waals surface area contributed by atoms with Crippen molar-refractivity contribution in [1.29, 1.82) is 0 Å². The molecule has 1 N–H and O–H groups in total. The van der Waals surface area contributed by atoms with E-state index in [2.05, 4.69) is 27.9 Å². The highest BCUT2D eigenvalue weighted by Crippen LogP contribution is 2.07. The zero-order valence-electron chi connectivity index (χ0n) is 9.30. The topological polar surface area (TPSA) is 29.9 Å². The van der Waals surface area contributed by atoms with Crippen LogP contribution in [0.5, 0.6) is 0 Å². The van der Waals surface area contributed by atoms with Crippen LogP contribution in [0.25, 0.3) is 0 Å². The third-order valence-corrected chi connectivity index (χ3v) is 3.36. The summed E-state index contributed by atoms with van der Waals surface area (Å²) in [7, 11) is 0. The molecule has 0 amide bonds. The summed E-state index contributed by atoms with van der Waals surface area (Å²) >= 11 is 1.83. The van der Waals surface area contributed by atoms with E-state index in [9.17, 15) is 0 Å². The van der Waals surface area contributed by atoms with Gasteiger partial charge in [0, 0.05) is 23.8 Å². The lowest BCUT2D eigenvalue weighted by molar-refractivity contribution is 0.545. The minimum Gasteiger partial charge on any atom is -0.316 e. The van der Waals surface area contributed by atoms with Crippen LogP contribution in [0.3, 0.4) is 0 Å². The summed E-state index contributed by atoms with van der Waals surface area (Å²) in [6, 6.07) is 6.26. The third kappa shape index (κ3) is 3.79. The van der Waals surface area contributed by atoms with Crippen molar-refractivity contribution in [3.8, 4) is 0 Å². The van der Waals surface area contributed by atoms with Crippen molar-refractivity contribution < 1.29 is 0 Å². The van der Waals surface area contributed by atoms with Crippen LogP contribution < -0.4 is 5.32 Å². The first-order chi connectivity index (χ1) is 7.95. The monoisotopic (exact) mass is 235 g/mol. The van der Waals surface area contributed by atoms with Crippen LogP contribution >= 0.6 is 11.3 Å². The molecule has 0 spiro atoms. The standard InChI is InChI=1S/C12H17N3S/c1-4-12(16-11-1)5-8-13-6-2-9-15-10-3-7-14-15/h1,3-4,7,10-11,13H,2,5-6,8-9H2. The first-order valence-corrected chi connectivity index (χ1v) is 6.53. The van der Waals surface area contributed by atoms with Crippen LogP contribution in [0.15, 0.2) is 36.0 Å². The van der Waals surface area contributed by atoms with E-state index in [1.54, 1.807) is 0 Å². The molecule has 0 aliphatic carbocycles. The molecule has 16 heavy (non-hydrogen) atoms. The summed E-state index contributed by atoms with van der Waals surface area (Å²) in [4.78, 5) is 1.46. The van der Waals surface area contributed by atoms with Gasteiger partial charge in [0.25, 0.3) is 0 Å². The normalized spacial score (nSPS) is 10.8. The van der Waals surface area contributed by atoms with E-state index in [1.807, 2.05) is 34.5 Å². The van der Waals surface area contributed by atoms with Gasteiger partial charge in [-0.25, -0.2) is 0 Å². The summed E-state index contributed by atoms with van der Waals surface area (Å²) in [6.45, 7) is 3.13. The van der Waals surface area contributed by atoms with E-state index < -0.39 is 0 Å². The van der Waals surface area contributed by atoms with Gasteiger partial charge in [0.05, 0.1) is 0 Å². The van der Waals surface area contributed by atoms with Crippen molar-refractivity contribution in [2.45, 2.75) is 19.4 Å². The van der Waals surface area contributed by atoms with Crippen LogP contribution in [0, 0.1) is 0 Å². The van der Waals surface area contributed by atoms with E-state index in [1.165, 1.54) is 4.88 Å². The second-order valence-corrected chi connectivity index (χ2v) is 4.73. The predicted molar refractivity (Wildman–Crippen MR) is 67.7 cm³/mol. The van der Waals surface area contributed by atoms with Crippen molar-refractivity contribution in [2.24, 2.45) is 0 Å². The molecule has 0 aliphatic rings. The number of rotatable bonds is 7. The first kappa shape index (κ1) is 11.4. The molecule has 0 aromatic carbocycles. The minimum atomic E-state index is 0.999. The van der Waals surface area contributed by atoms with Gasteiger partial charge in [0.2, 0.25) is 0 Å². The molecule has 3 nitrogen and oxygen atoms in total. The zero-order chi connectivity index (χ0) is 11.1. The minimum absolute atomic E-state index is 0.999. The highest BCUT2D eigenvalue weighted by molar-refractivity contribution is 7.09. The summed E-state index contributed by atoms with van der Waals surface area (Å²) < 4.78 is 1.97. The van der Waals surface area contributed by atoms with Crippen LogP contribution in [0.1, 0.15) is 11.3 Å². The van der Waals surface area contributed by atoms with Crippen molar-refractivity contribution >= 4 is 11.3 Å². The van der Waals surface area contributed by atoms with Gasteiger partial charge in [-0.05, 0) is 43.4 Å². The Morgan fingerprint density at radius 1 is 1.31 bits per heavy atom. The summed E-state index contributed by atoms with van der Waals surface area (Å²) in [5.74, 6) is 0. The predicted octanol–water partition coefficient (Wildman–Crippen LogP) is 2.17. The van der Waals surface area contributed by atoms with E-state index in [0.717, 1.165) is 32.5 Å². The third-order valence-electron chi connectivity index (χ3n) is 2.43. The highest BCUT2D eigenvalue weighted by Gasteiger charge is 1.94. The second-order valence-electron chi connectivity index (χ2n) is 3.70. The molecular formula is C12H17N3S. The largest absolute Gasteiger partial charge is 0.316 e. The molecule has 0 saturated carbocycles. The van der Waals surface area contributed by atoms with Gasteiger partial charge < -0.3 is 5.32 Å². The van der Waals surface area contributed by atoms with E-state index in [-0.39, 0.29) is 0 Å². The first-order valence-electron chi connectivity index (χ1n) is 5.66. The number of hydrogen-bond donors (Lipinski definition) is 1. The van der Waals surface area contributed by atoms with Crippen LogP contribution in [0.4, 0.5) is 0 Å². The molecule has 0 unspecified atom stereocenters. The SMILES string of the molecule is c1csc(CCNCCCn2cccn2)c1. The Labute approximate surface area is 100 Å². The summed E-state index contributed by atoms with van der Waals surface area (Å²) in [5, 5.41) is 9.75. The molecule has 0 fully saturated rings. The van der Waals surface area contributed by atoms with Gasteiger partial charge >= 0.3 is 0 Å². The maximum atomic E-state index is 4.17. The molecular weight excluding hydrogens is 218 g/mol. The Balaban J connectivity index is 1.49. The van der Waals surface area contributed by atoms with E-state index >= 15 is 0 Å².